The van der Waals surface area contributed by atoms with Crippen molar-refractivity contribution in [2.45, 2.75) is 46.0 Å². The molecule has 3 rings (SSSR count). The average Bonchev–Trinajstić information content (AvgIpc) is 2.98. The van der Waals surface area contributed by atoms with Gasteiger partial charge in [-0.3, -0.25) is 4.90 Å². The Bertz CT molecular complexity index is 605. The molecule has 0 spiro atoms. The number of aromatic nitrogens is 3. The molecule has 1 aliphatic heterocycles. The van der Waals surface area contributed by atoms with Crippen LogP contribution in [-0.4, -0.2) is 39.4 Å². The lowest BCUT2D eigenvalue weighted by Gasteiger charge is -2.25. The molecule has 0 unspecified atom stereocenters. The van der Waals surface area contributed by atoms with Gasteiger partial charge in [-0.05, 0) is 26.0 Å². The van der Waals surface area contributed by atoms with Crippen LogP contribution >= 0.6 is 0 Å². The zero-order valence-corrected chi connectivity index (χ0v) is 12.9. The molecule has 0 aliphatic carbocycles. The van der Waals surface area contributed by atoms with Gasteiger partial charge >= 0.3 is 0 Å². The third kappa shape index (κ3) is 3.01. The monoisotopic (exact) mass is 290 g/mol. The molecule has 0 fully saturated rings. The third-order valence-corrected chi connectivity index (χ3v) is 4.04. The SMILES string of the molecule is COCc1nnc2n1CCN(Cc1ccc(C)o1)[C@@H](C)C2. The fourth-order valence-electron chi connectivity index (χ4n) is 2.86. The summed E-state index contributed by atoms with van der Waals surface area (Å²) in [6, 6.07) is 4.49. The third-order valence-electron chi connectivity index (χ3n) is 4.04. The molecule has 1 atom stereocenters. The summed E-state index contributed by atoms with van der Waals surface area (Å²) in [6.45, 7) is 7.42. The summed E-state index contributed by atoms with van der Waals surface area (Å²) in [5.74, 6) is 3.95. The quantitative estimate of drug-likeness (QED) is 0.859. The molecular formula is C15H22N4O2. The van der Waals surface area contributed by atoms with Gasteiger partial charge in [0, 0.05) is 32.7 Å². The van der Waals surface area contributed by atoms with Crippen LogP contribution in [0.4, 0.5) is 0 Å². The van der Waals surface area contributed by atoms with E-state index in [9.17, 15) is 0 Å². The van der Waals surface area contributed by atoms with Crippen molar-refractivity contribution in [3.8, 4) is 0 Å². The van der Waals surface area contributed by atoms with Crippen LogP contribution in [0.25, 0.3) is 0 Å². The number of methoxy groups -OCH3 is 1. The minimum absolute atomic E-state index is 0.413. The van der Waals surface area contributed by atoms with Crippen LogP contribution in [-0.2, 0) is 30.9 Å². The van der Waals surface area contributed by atoms with Crippen LogP contribution in [0.3, 0.4) is 0 Å². The van der Waals surface area contributed by atoms with E-state index in [1.54, 1.807) is 7.11 Å². The lowest BCUT2D eigenvalue weighted by atomic mass is 10.2. The Labute approximate surface area is 124 Å². The predicted molar refractivity (Wildman–Crippen MR) is 77.8 cm³/mol. The zero-order valence-electron chi connectivity index (χ0n) is 12.9. The fourth-order valence-corrected chi connectivity index (χ4v) is 2.86. The predicted octanol–water partition coefficient (Wildman–Crippen LogP) is 1.77. The first-order valence-electron chi connectivity index (χ1n) is 7.36. The Morgan fingerprint density at radius 3 is 2.90 bits per heavy atom. The second-order valence-electron chi connectivity index (χ2n) is 5.65. The van der Waals surface area contributed by atoms with E-state index in [2.05, 4.69) is 32.7 Å². The van der Waals surface area contributed by atoms with Gasteiger partial charge in [0.2, 0.25) is 0 Å². The zero-order chi connectivity index (χ0) is 14.8. The van der Waals surface area contributed by atoms with Crippen molar-refractivity contribution in [2.75, 3.05) is 13.7 Å². The molecule has 2 aromatic heterocycles. The Kier molecular flexibility index (Phi) is 4.07. The van der Waals surface area contributed by atoms with Gasteiger partial charge in [0.25, 0.3) is 0 Å². The molecule has 21 heavy (non-hydrogen) atoms. The highest BCUT2D eigenvalue weighted by molar-refractivity contribution is 5.06. The first-order chi connectivity index (χ1) is 10.2. The van der Waals surface area contributed by atoms with Crippen LogP contribution in [0.2, 0.25) is 0 Å². The molecule has 6 heteroatoms. The maximum absolute atomic E-state index is 5.70. The summed E-state index contributed by atoms with van der Waals surface area (Å²) in [5, 5.41) is 8.54. The van der Waals surface area contributed by atoms with Crippen LogP contribution < -0.4 is 0 Å². The molecule has 0 saturated carbocycles. The first kappa shape index (κ1) is 14.3. The second kappa shape index (κ2) is 5.99. The highest BCUT2D eigenvalue weighted by Crippen LogP contribution is 2.18. The molecule has 3 heterocycles. The van der Waals surface area contributed by atoms with Gasteiger partial charge in [-0.15, -0.1) is 10.2 Å². The van der Waals surface area contributed by atoms with E-state index in [0.717, 1.165) is 49.2 Å². The second-order valence-corrected chi connectivity index (χ2v) is 5.65. The van der Waals surface area contributed by atoms with Crippen molar-refractivity contribution in [1.82, 2.24) is 19.7 Å². The maximum atomic E-state index is 5.70. The topological polar surface area (TPSA) is 56.3 Å². The Balaban J connectivity index is 1.73. The average molecular weight is 290 g/mol. The molecule has 0 saturated heterocycles. The minimum atomic E-state index is 0.413. The smallest absolute Gasteiger partial charge is 0.159 e. The van der Waals surface area contributed by atoms with E-state index >= 15 is 0 Å². The van der Waals surface area contributed by atoms with Gasteiger partial charge in [-0.1, -0.05) is 0 Å². The lowest BCUT2D eigenvalue weighted by Crippen LogP contribution is -2.34. The van der Waals surface area contributed by atoms with E-state index < -0.39 is 0 Å². The molecular weight excluding hydrogens is 268 g/mol. The molecule has 1 aliphatic rings. The summed E-state index contributed by atoms with van der Waals surface area (Å²) in [5.41, 5.74) is 0. The Morgan fingerprint density at radius 2 is 2.19 bits per heavy atom. The van der Waals surface area contributed by atoms with Crippen molar-refractivity contribution in [1.29, 1.82) is 0 Å². The number of aryl methyl sites for hydroxylation is 1. The molecule has 0 amide bonds. The summed E-state index contributed by atoms with van der Waals surface area (Å²) in [6.07, 6.45) is 0.899. The van der Waals surface area contributed by atoms with Crippen molar-refractivity contribution >= 4 is 0 Å². The van der Waals surface area contributed by atoms with Gasteiger partial charge in [0.05, 0.1) is 6.54 Å². The highest BCUT2D eigenvalue weighted by atomic mass is 16.5. The van der Waals surface area contributed by atoms with Crippen LogP contribution in [0.15, 0.2) is 16.5 Å². The molecule has 0 aromatic carbocycles. The minimum Gasteiger partial charge on any atom is -0.465 e. The molecule has 0 radical (unpaired) electrons. The van der Waals surface area contributed by atoms with Gasteiger partial charge < -0.3 is 13.7 Å². The lowest BCUT2D eigenvalue weighted by molar-refractivity contribution is 0.168. The number of ether oxygens (including phenoxy) is 1. The van der Waals surface area contributed by atoms with E-state index in [1.165, 1.54) is 0 Å². The molecule has 0 N–H and O–H groups in total. The summed E-state index contributed by atoms with van der Waals surface area (Å²) in [4.78, 5) is 2.43. The van der Waals surface area contributed by atoms with E-state index in [0.29, 0.717) is 12.6 Å². The van der Waals surface area contributed by atoms with Gasteiger partial charge in [0.1, 0.15) is 24.0 Å². The highest BCUT2D eigenvalue weighted by Gasteiger charge is 2.24. The number of nitrogens with zero attached hydrogens (tertiary/aromatic N) is 4. The molecule has 0 bridgehead atoms. The van der Waals surface area contributed by atoms with E-state index in [-0.39, 0.29) is 0 Å². The van der Waals surface area contributed by atoms with E-state index in [4.69, 9.17) is 9.15 Å². The number of furan rings is 1. The van der Waals surface area contributed by atoms with Crippen LogP contribution in [0, 0.1) is 6.92 Å². The Hall–Kier alpha value is -1.66. The van der Waals surface area contributed by atoms with Crippen molar-refractivity contribution in [3.63, 3.8) is 0 Å². The summed E-state index contributed by atoms with van der Waals surface area (Å²) >= 11 is 0. The van der Waals surface area contributed by atoms with Crippen LogP contribution in [0.5, 0.6) is 0 Å². The summed E-state index contributed by atoms with van der Waals surface area (Å²) in [7, 11) is 1.69. The maximum Gasteiger partial charge on any atom is 0.159 e. The molecule has 2 aromatic rings. The van der Waals surface area contributed by atoms with E-state index in [1.807, 2.05) is 13.0 Å². The van der Waals surface area contributed by atoms with Gasteiger partial charge in [-0.25, -0.2) is 0 Å². The van der Waals surface area contributed by atoms with Crippen LogP contribution in [0.1, 0.15) is 30.1 Å². The number of fused-ring (bicyclic) bond motifs is 1. The number of hydrogen-bond donors (Lipinski definition) is 0. The number of rotatable bonds is 4. The largest absolute Gasteiger partial charge is 0.465 e. The van der Waals surface area contributed by atoms with Crippen molar-refractivity contribution < 1.29 is 9.15 Å². The molecule has 6 nitrogen and oxygen atoms in total. The fraction of sp³-hybridized carbons (Fsp3) is 0.600. The number of hydrogen-bond acceptors (Lipinski definition) is 5. The van der Waals surface area contributed by atoms with Gasteiger partial charge in [0.15, 0.2) is 5.82 Å². The standard InChI is InChI=1S/C15H22N4O2/c1-11-8-14-16-17-15(10-20-3)19(14)7-6-18(11)9-13-5-4-12(2)21-13/h4-5,11H,6-10H2,1-3H3/t11-/m0/s1. The molecule has 114 valence electrons. The van der Waals surface area contributed by atoms with Gasteiger partial charge in [-0.2, -0.15) is 0 Å². The first-order valence-corrected chi connectivity index (χ1v) is 7.36. The Morgan fingerprint density at radius 1 is 1.33 bits per heavy atom. The summed E-state index contributed by atoms with van der Waals surface area (Å²) < 4.78 is 13.1. The van der Waals surface area contributed by atoms with Crippen molar-refractivity contribution in [2.24, 2.45) is 0 Å². The normalized spacial score (nSPS) is 19.5. The van der Waals surface area contributed by atoms with Crippen molar-refractivity contribution in [3.05, 3.63) is 35.3 Å².